The van der Waals surface area contributed by atoms with Crippen LogP contribution in [0.1, 0.15) is 367 Å². The summed E-state index contributed by atoms with van der Waals surface area (Å²) in [5.41, 5.74) is 0. The third kappa shape index (κ3) is 57.7. The van der Waals surface area contributed by atoms with Crippen molar-refractivity contribution in [3.8, 4) is 0 Å². The first kappa shape index (κ1) is 69.6. The van der Waals surface area contributed by atoms with E-state index in [9.17, 15) is 19.8 Å². The summed E-state index contributed by atoms with van der Waals surface area (Å²) in [5, 5.41) is 23.0. The molecule has 0 fully saturated rings. The van der Waals surface area contributed by atoms with E-state index in [4.69, 9.17) is 4.74 Å². The number of amides is 1. The molecule has 0 spiro atoms. The van der Waals surface area contributed by atoms with Crippen molar-refractivity contribution in [1.29, 1.82) is 0 Å². The molecule has 0 aliphatic carbocycles. The third-order valence-electron chi connectivity index (χ3n) is 15.3. The molecule has 0 aliphatic heterocycles. The van der Waals surface area contributed by atoms with Crippen LogP contribution in [0.2, 0.25) is 0 Å². The van der Waals surface area contributed by atoms with Gasteiger partial charge in [-0.2, -0.15) is 0 Å². The van der Waals surface area contributed by atoms with Gasteiger partial charge in [0.25, 0.3) is 0 Å². The first-order chi connectivity index (χ1) is 35.0. The van der Waals surface area contributed by atoms with Crippen LogP contribution in [0.5, 0.6) is 0 Å². The number of hydrogen-bond acceptors (Lipinski definition) is 5. The summed E-state index contributed by atoms with van der Waals surface area (Å²) < 4.78 is 5.49. The predicted octanol–water partition coefficient (Wildman–Crippen LogP) is 20.4. The lowest BCUT2D eigenvalue weighted by atomic mass is 10.0. The van der Waals surface area contributed by atoms with Crippen LogP contribution < -0.4 is 5.32 Å². The minimum atomic E-state index is -0.838. The number of hydrogen-bond donors (Lipinski definition) is 3. The van der Waals surface area contributed by atoms with Crippen LogP contribution in [0.3, 0.4) is 0 Å². The Kier molecular flexibility index (Phi) is 59.9. The van der Waals surface area contributed by atoms with Crippen molar-refractivity contribution in [2.45, 2.75) is 379 Å². The van der Waals surface area contributed by atoms with Crippen LogP contribution >= 0.6 is 0 Å². The largest absolute Gasteiger partial charge is 0.466 e. The number of aliphatic hydroxyl groups is 2. The second-order valence-electron chi connectivity index (χ2n) is 22.5. The molecule has 0 bridgehead atoms. The van der Waals surface area contributed by atoms with E-state index >= 15 is 0 Å². The summed E-state index contributed by atoms with van der Waals surface area (Å²) in [6, 6.07) is -0.621. The Hall–Kier alpha value is -1.40. The Labute approximate surface area is 444 Å². The van der Waals surface area contributed by atoms with Gasteiger partial charge in [0.15, 0.2) is 0 Å². The molecule has 0 radical (unpaired) electrons. The van der Waals surface area contributed by atoms with Gasteiger partial charge in [-0.25, -0.2) is 0 Å². The van der Waals surface area contributed by atoms with Gasteiger partial charge < -0.3 is 20.3 Å². The molecule has 0 aromatic heterocycles. The number of unbranched alkanes of at least 4 members (excludes halogenated alkanes) is 50. The summed E-state index contributed by atoms with van der Waals surface area (Å²) in [6.45, 7) is 4.91. The van der Waals surface area contributed by atoms with Gasteiger partial charge in [0.2, 0.25) is 5.91 Å². The topological polar surface area (TPSA) is 95.9 Å². The van der Waals surface area contributed by atoms with E-state index in [0.717, 1.165) is 38.5 Å². The van der Waals surface area contributed by atoms with E-state index in [0.29, 0.717) is 19.4 Å². The number of nitrogens with one attached hydrogen (secondary N) is 1. The Morgan fingerprint density at radius 3 is 0.958 bits per heavy atom. The molecule has 2 atom stereocenters. The molecule has 1 amide bonds. The molecular formula is C65H127NO5. The van der Waals surface area contributed by atoms with Gasteiger partial charge in [0.05, 0.1) is 25.4 Å². The highest BCUT2D eigenvalue weighted by molar-refractivity contribution is 5.76. The number of carbonyl (C=O) groups is 2. The van der Waals surface area contributed by atoms with Crippen molar-refractivity contribution in [1.82, 2.24) is 5.32 Å². The van der Waals surface area contributed by atoms with Gasteiger partial charge in [0, 0.05) is 12.8 Å². The molecule has 0 rings (SSSR count). The fraction of sp³-hybridized carbons (Fsp3) is 0.938. The molecule has 0 heterocycles. The molecule has 0 aliphatic rings. The number of aliphatic hydroxyl groups excluding tert-OH is 2. The molecule has 6 nitrogen and oxygen atoms in total. The summed E-state index contributed by atoms with van der Waals surface area (Å²) in [7, 11) is 0. The zero-order valence-corrected chi connectivity index (χ0v) is 48.2. The predicted molar refractivity (Wildman–Crippen MR) is 310 cm³/mol. The van der Waals surface area contributed by atoms with Crippen LogP contribution in [0.25, 0.3) is 0 Å². The number of allylic oxidation sites excluding steroid dienone is 1. The average molecular weight is 1000 g/mol. The average Bonchev–Trinajstić information content (AvgIpc) is 3.37. The summed E-state index contributed by atoms with van der Waals surface area (Å²) in [5.74, 6) is -0.0418. The number of rotatable bonds is 61. The van der Waals surface area contributed by atoms with Crippen molar-refractivity contribution < 1.29 is 24.5 Å². The lowest BCUT2D eigenvalue weighted by Gasteiger charge is -2.20. The molecular weight excluding hydrogens is 875 g/mol. The molecule has 6 heteroatoms. The second kappa shape index (κ2) is 61.1. The monoisotopic (exact) mass is 1000 g/mol. The number of ether oxygens (including phenoxy) is 1. The maximum atomic E-state index is 12.4. The molecule has 3 N–H and O–H groups in total. The summed E-state index contributed by atoms with van der Waals surface area (Å²) in [6.07, 6.45) is 74.4. The zero-order valence-electron chi connectivity index (χ0n) is 48.2. The van der Waals surface area contributed by atoms with Crippen LogP contribution in [-0.4, -0.2) is 47.4 Å². The van der Waals surface area contributed by atoms with Crippen LogP contribution in [-0.2, 0) is 14.3 Å². The maximum absolute atomic E-state index is 12.4. The van der Waals surface area contributed by atoms with Crippen molar-refractivity contribution in [3.05, 3.63) is 12.2 Å². The quantitative estimate of drug-likeness (QED) is 0.0320. The van der Waals surface area contributed by atoms with Gasteiger partial charge in [-0.1, -0.05) is 334 Å². The van der Waals surface area contributed by atoms with Gasteiger partial charge in [0.1, 0.15) is 0 Å². The number of esters is 1. The van der Waals surface area contributed by atoms with Crippen molar-refractivity contribution in [2.75, 3.05) is 13.2 Å². The third-order valence-corrected chi connectivity index (χ3v) is 15.3. The fourth-order valence-electron chi connectivity index (χ4n) is 10.3. The van der Waals surface area contributed by atoms with Crippen LogP contribution in [0.4, 0.5) is 0 Å². The molecule has 422 valence electrons. The van der Waals surface area contributed by atoms with E-state index in [-0.39, 0.29) is 18.5 Å². The van der Waals surface area contributed by atoms with Gasteiger partial charge in [-0.3, -0.25) is 9.59 Å². The Bertz CT molecular complexity index is 1060. The maximum Gasteiger partial charge on any atom is 0.305 e. The van der Waals surface area contributed by atoms with Crippen molar-refractivity contribution >= 4 is 11.9 Å². The van der Waals surface area contributed by atoms with E-state index in [1.165, 1.54) is 302 Å². The second-order valence-corrected chi connectivity index (χ2v) is 22.5. The minimum Gasteiger partial charge on any atom is -0.466 e. The van der Waals surface area contributed by atoms with Crippen LogP contribution in [0.15, 0.2) is 12.2 Å². The highest BCUT2D eigenvalue weighted by Crippen LogP contribution is 2.19. The van der Waals surface area contributed by atoms with Gasteiger partial charge in [-0.15, -0.1) is 0 Å². The molecule has 0 saturated carbocycles. The van der Waals surface area contributed by atoms with E-state index in [1.807, 2.05) is 6.08 Å². The highest BCUT2D eigenvalue weighted by atomic mass is 16.5. The molecule has 2 unspecified atom stereocenters. The molecule has 0 aromatic carbocycles. The highest BCUT2D eigenvalue weighted by Gasteiger charge is 2.18. The minimum absolute atomic E-state index is 0.0231. The summed E-state index contributed by atoms with van der Waals surface area (Å²) >= 11 is 0. The lowest BCUT2D eigenvalue weighted by Crippen LogP contribution is -2.45. The first-order valence-electron chi connectivity index (χ1n) is 32.5. The normalized spacial score (nSPS) is 12.6. The van der Waals surface area contributed by atoms with E-state index in [2.05, 4.69) is 19.2 Å². The van der Waals surface area contributed by atoms with Crippen LogP contribution in [0, 0.1) is 0 Å². The van der Waals surface area contributed by atoms with Gasteiger partial charge >= 0.3 is 5.97 Å². The zero-order chi connectivity index (χ0) is 51.4. The lowest BCUT2D eigenvalue weighted by molar-refractivity contribution is -0.143. The molecule has 0 aromatic rings. The van der Waals surface area contributed by atoms with Crippen molar-refractivity contribution in [3.63, 3.8) is 0 Å². The van der Waals surface area contributed by atoms with Gasteiger partial charge in [-0.05, 0) is 32.1 Å². The smallest absolute Gasteiger partial charge is 0.305 e. The SMILES string of the molecule is CCCCCCCCC/C=C/C(O)C(CO)NC(=O)CCCCCCCCCCCCCCCCCCCCCCCCCCCCCCCCCOC(=O)CCCCCCCCCCCCCCCC. The molecule has 71 heavy (non-hydrogen) atoms. The van der Waals surface area contributed by atoms with Crippen molar-refractivity contribution in [2.24, 2.45) is 0 Å². The Morgan fingerprint density at radius 2 is 0.648 bits per heavy atom. The first-order valence-corrected chi connectivity index (χ1v) is 32.5. The van der Waals surface area contributed by atoms with E-state index < -0.39 is 12.1 Å². The molecule has 0 saturated heterocycles. The fourth-order valence-corrected chi connectivity index (χ4v) is 10.3. The Balaban J connectivity index is 3.29. The summed E-state index contributed by atoms with van der Waals surface area (Å²) in [4.78, 5) is 24.4. The van der Waals surface area contributed by atoms with E-state index in [1.54, 1.807) is 6.08 Å². The standard InChI is InChI=1S/C65H127NO5/c1-3-5-7-9-11-13-14-15-36-39-43-47-51-55-59-65(70)71-60-56-52-48-44-40-37-34-32-30-28-26-24-22-20-18-16-17-19-21-23-25-27-29-31-33-35-38-42-46-50-54-58-64(69)66-62(61-67)63(68)57-53-49-45-41-12-10-8-6-4-2/h53,57,62-63,67-68H,3-52,54-56,58-61H2,1-2H3,(H,66,69)/b57-53+. The Morgan fingerprint density at radius 1 is 0.380 bits per heavy atom. The number of carbonyl (C=O) groups excluding carboxylic acids is 2.